The number of rotatable bonds is 7. The molecule has 3 nitrogen and oxygen atoms in total. The number of likely N-dealkylation sites (N-methyl/N-ethyl adjacent to an activating group) is 1. The van der Waals surface area contributed by atoms with E-state index >= 15 is 0 Å². The zero-order valence-electron chi connectivity index (χ0n) is 10.0. The Labute approximate surface area is 92.5 Å². The van der Waals surface area contributed by atoms with Gasteiger partial charge in [-0.15, -0.1) is 0 Å². The van der Waals surface area contributed by atoms with E-state index in [0.29, 0.717) is 0 Å². The fraction of sp³-hybridized carbons (Fsp3) is 0.667. The normalized spacial score (nSPS) is 11.2. The van der Waals surface area contributed by atoms with Gasteiger partial charge < -0.3 is 14.6 Å². The van der Waals surface area contributed by atoms with E-state index in [2.05, 4.69) is 24.1 Å². The minimum absolute atomic E-state index is 0.906. The minimum Gasteiger partial charge on any atom is -0.469 e. The van der Waals surface area contributed by atoms with Crippen LogP contribution >= 0.6 is 0 Å². The maximum Gasteiger partial charge on any atom is 0.105 e. The predicted molar refractivity (Wildman–Crippen MR) is 62.9 cm³/mol. The Morgan fingerprint density at radius 2 is 2.07 bits per heavy atom. The van der Waals surface area contributed by atoms with Crippen molar-refractivity contribution in [2.24, 2.45) is 0 Å². The lowest BCUT2D eigenvalue weighted by molar-refractivity contribution is 0.302. The summed E-state index contributed by atoms with van der Waals surface area (Å²) in [7, 11) is 0. The van der Waals surface area contributed by atoms with Crippen molar-refractivity contribution in [1.29, 1.82) is 0 Å². The Bertz CT molecular complexity index is 266. The number of aryl methyl sites for hydroxylation is 1. The molecular weight excluding hydrogens is 188 g/mol. The van der Waals surface area contributed by atoms with Gasteiger partial charge in [0.1, 0.15) is 5.76 Å². The fourth-order valence-corrected chi connectivity index (χ4v) is 1.59. The second-order valence-corrected chi connectivity index (χ2v) is 3.71. The number of furan rings is 1. The summed E-state index contributed by atoms with van der Waals surface area (Å²) in [6.45, 7) is 11.7. The molecule has 1 aromatic heterocycles. The maximum atomic E-state index is 5.23. The Morgan fingerprint density at radius 1 is 1.33 bits per heavy atom. The van der Waals surface area contributed by atoms with Crippen LogP contribution in [0.2, 0.25) is 0 Å². The molecule has 0 aliphatic rings. The molecule has 0 saturated heterocycles. The Kier molecular flexibility index (Phi) is 5.43. The third kappa shape index (κ3) is 4.06. The van der Waals surface area contributed by atoms with Crippen LogP contribution in [0.15, 0.2) is 16.7 Å². The Morgan fingerprint density at radius 3 is 2.60 bits per heavy atom. The number of nitrogens with zero attached hydrogens (tertiary/aromatic N) is 1. The first-order valence-electron chi connectivity index (χ1n) is 5.74. The first kappa shape index (κ1) is 12.3. The summed E-state index contributed by atoms with van der Waals surface area (Å²) < 4.78 is 5.23. The van der Waals surface area contributed by atoms with E-state index in [-0.39, 0.29) is 0 Å². The fourth-order valence-electron chi connectivity index (χ4n) is 1.59. The summed E-state index contributed by atoms with van der Waals surface area (Å²) in [4.78, 5) is 2.41. The van der Waals surface area contributed by atoms with E-state index in [1.54, 1.807) is 6.26 Å². The van der Waals surface area contributed by atoms with Crippen LogP contribution in [0.25, 0.3) is 0 Å². The molecule has 1 N–H and O–H groups in total. The SMILES string of the molecule is CCN(CC)CCNCc1ccoc1C. The van der Waals surface area contributed by atoms with E-state index in [4.69, 9.17) is 4.42 Å². The third-order valence-corrected chi connectivity index (χ3v) is 2.78. The number of nitrogens with one attached hydrogen (secondary N) is 1. The van der Waals surface area contributed by atoms with E-state index in [1.165, 1.54) is 5.56 Å². The quantitative estimate of drug-likeness (QED) is 0.698. The molecule has 0 unspecified atom stereocenters. The van der Waals surface area contributed by atoms with Gasteiger partial charge in [0, 0.05) is 25.2 Å². The highest BCUT2D eigenvalue weighted by atomic mass is 16.3. The van der Waals surface area contributed by atoms with Gasteiger partial charge in [0.15, 0.2) is 0 Å². The van der Waals surface area contributed by atoms with Gasteiger partial charge in [0.05, 0.1) is 6.26 Å². The largest absolute Gasteiger partial charge is 0.469 e. The van der Waals surface area contributed by atoms with Crippen molar-refractivity contribution in [1.82, 2.24) is 10.2 Å². The first-order valence-corrected chi connectivity index (χ1v) is 5.74. The second-order valence-electron chi connectivity index (χ2n) is 3.71. The average Bonchev–Trinajstić information content (AvgIpc) is 2.65. The average molecular weight is 210 g/mol. The van der Waals surface area contributed by atoms with Crippen LogP contribution in [0.4, 0.5) is 0 Å². The van der Waals surface area contributed by atoms with Gasteiger partial charge in [-0.25, -0.2) is 0 Å². The van der Waals surface area contributed by atoms with Crippen LogP contribution in [-0.2, 0) is 6.54 Å². The molecule has 0 saturated carbocycles. The summed E-state index contributed by atoms with van der Waals surface area (Å²) in [5.41, 5.74) is 1.26. The number of hydrogen-bond donors (Lipinski definition) is 1. The smallest absolute Gasteiger partial charge is 0.105 e. The van der Waals surface area contributed by atoms with Crippen molar-refractivity contribution >= 4 is 0 Å². The van der Waals surface area contributed by atoms with Crippen LogP contribution in [-0.4, -0.2) is 31.1 Å². The standard InChI is InChI=1S/C12H22N2O/c1-4-14(5-2)8-7-13-10-12-6-9-15-11(12)3/h6,9,13H,4-5,7-8,10H2,1-3H3. The van der Waals surface area contributed by atoms with Gasteiger partial charge in [0.2, 0.25) is 0 Å². The molecule has 0 aliphatic heterocycles. The molecule has 15 heavy (non-hydrogen) atoms. The van der Waals surface area contributed by atoms with Crippen LogP contribution in [0.3, 0.4) is 0 Å². The molecule has 0 amide bonds. The topological polar surface area (TPSA) is 28.4 Å². The molecule has 1 heterocycles. The van der Waals surface area contributed by atoms with Gasteiger partial charge in [-0.2, -0.15) is 0 Å². The lowest BCUT2D eigenvalue weighted by Gasteiger charge is -2.17. The summed E-state index contributed by atoms with van der Waals surface area (Å²) in [5.74, 6) is 1.02. The molecule has 0 fully saturated rings. The zero-order valence-corrected chi connectivity index (χ0v) is 10.0. The third-order valence-electron chi connectivity index (χ3n) is 2.78. The van der Waals surface area contributed by atoms with Gasteiger partial charge >= 0.3 is 0 Å². The van der Waals surface area contributed by atoms with Gasteiger partial charge in [-0.3, -0.25) is 0 Å². The predicted octanol–water partition coefficient (Wildman–Crippen LogP) is 2.02. The second kappa shape index (κ2) is 6.64. The Balaban J connectivity index is 2.14. The summed E-state index contributed by atoms with van der Waals surface area (Å²) >= 11 is 0. The first-order chi connectivity index (χ1) is 7.27. The molecule has 0 bridgehead atoms. The van der Waals surface area contributed by atoms with Crippen LogP contribution in [0.5, 0.6) is 0 Å². The highest BCUT2D eigenvalue weighted by Gasteiger charge is 2.01. The summed E-state index contributed by atoms with van der Waals surface area (Å²) in [5, 5.41) is 3.43. The molecule has 86 valence electrons. The van der Waals surface area contributed by atoms with Gasteiger partial charge in [-0.05, 0) is 26.1 Å². The highest BCUT2D eigenvalue weighted by Crippen LogP contribution is 2.07. The van der Waals surface area contributed by atoms with E-state index in [0.717, 1.165) is 38.5 Å². The molecular formula is C12H22N2O. The van der Waals surface area contributed by atoms with Crippen LogP contribution in [0, 0.1) is 6.92 Å². The lowest BCUT2D eigenvalue weighted by atomic mass is 10.2. The summed E-state index contributed by atoms with van der Waals surface area (Å²) in [6, 6.07) is 2.03. The van der Waals surface area contributed by atoms with Crippen molar-refractivity contribution in [3.8, 4) is 0 Å². The monoisotopic (exact) mass is 210 g/mol. The molecule has 0 aromatic carbocycles. The Hall–Kier alpha value is -0.800. The number of hydrogen-bond acceptors (Lipinski definition) is 3. The molecule has 0 spiro atoms. The van der Waals surface area contributed by atoms with Crippen LogP contribution in [0.1, 0.15) is 25.2 Å². The van der Waals surface area contributed by atoms with Gasteiger partial charge in [-0.1, -0.05) is 13.8 Å². The molecule has 1 rings (SSSR count). The molecule has 0 radical (unpaired) electrons. The van der Waals surface area contributed by atoms with Crippen LogP contribution < -0.4 is 5.32 Å². The molecule has 0 aliphatic carbocycles. The highest BCUT2D eigenvalue weighted by molar-refractivity contribution is 5.14. The van der Waals surface area contributed by atoms with Crippen molar-refractivity contribution < 1.29 is 4.42 Å². The molecule has 3 heteroatoms. The summed E-state index contributed by atoms with van der Waals surface area (Å²) in [6.07, 6.45) is 1.75. The lowest BCUT2D eigenvalue weighted by Crippen LogP contribution is -2.31. The maximum absolute atomic E-state index is 5.23. The van der Waals surface area contributed by atoms with E-state index < -0.39 is 0 Å². The van der Waals surface area contributed by atoms with Crippen molar-refractivity contribution in [3.63, 3.8) is 0 Å². The van der Waals surface area contributed by atoms with E-state index in [9.17, 15) is 0 Å². The van der Waals surface area contributed by atoms with Crippen molar-refractivity contribution in [3.05, 3.63) is 23.7 Å². The molecule has 1 aromatic rings. The van der Waals surface area contributed by atoms with E-state index in [1.807, 2.05) is 13.0 Å². The minimum atomic E-state index is 0.906. The van der Waals surface area contributed by atoms with Gasteiger partial charge in [0.25, 0.3) is 0 Å². The zero-order chi connectivity index (χ0) is 11.1. The molecule has 0 atom stereocenters. The van der Waals surface area contributed by atoms with Crippen molar-refractivity contribution in [2.75, 3.05) is 26.2 Å². The van der Waals surface area contributed by atoms with Crippen molar-refractivity contribution in [2.45, 2.75) is 27.3 Å².